The van der Waals surface area contributed by atoms with E-state index in [-0.39, 0.29) is 0 Å². The number of likely N-dealkylation sites (N-methyl/N-ethyl adjacent to an activating group) is 1. The topological polar surface area (TPSA) is 21.3 Å². The van der Waals surface area contributed by atoms with Crippen LogP contribution in [0.2, 0.25) is 0 Å². The molecular weight excluding hydrogens is 230 g/mol. The number of hydrogen-bond acceptors (Lipinski definition) is 3. The van der Waals surface area contributed by atoms with Crippen LogP contribution in [0.1, 0.15) is 16.5 Å². The van der Waals surface area contributed by atoms with Gasteiger partial charge < -0.3 is 10.1 Å². The molecule has 0 bridgehead atoms. The van der Waals surface area contributed by atoms with E-state index in [0.29, 0.717) is 6.04 Å². The standard InChI is InChI=1S/C14H17NOS/c1-15-13(8-11-6-4-3-5-7-11)14-9-12(16-2)10-17-14/h3-7,9-10,13,15H,8H2,1-2H3. The van der Waals surface area contributed by atoms with Gasteiger partial charge in [0.1, 0.15) is 5.75 Å². The number of thiophene rings is 1. The molecule has 0 spiro atoms. The van der Waals surface area contributed by atoms with Gasteiger partial charge in [0.2, 0.25) is 0 Å². The highest BCUT2D eigenvalue weighted by Crippen LogP contribution is 2.28. The molecule has 0 radical (unpaired) electrons. The van der Waals surface area contributed by atoms with Gasteiger partial charge in [-0.2, -0.15) is 0 Å². The van der Waals surface area contributed by atoms with Gasteiger partial charge in [0.05, 0.1) is 7.11 Å². The van der Waals surface area contributed by atoms with E-state index in [2.05, 4.69) is 35.6 Å². The van der Waals surface area contributed by atoms with E-state index in [1.54, 1.807) is 18.4 Å². The minimum absolute atomic E-state index is 0.353. The van der Waals surface area contributed by atoms with Crippen molar-refractivity contribution in [3.05, 3.63) is 52.2 Å². The highest BCUT2D eigenvalue weighted by molar-refractivity contribution is 7.10. The van der Waals surface area contributed by atoms with Crippen LogP contribution in [-0.4, -0.2) is 14.2 Å². The minimum Gasteiger partial charge on any atom is -0.496 e. The highest BCUT2D eigenvalue weighted by Gasteiger charge is 2.12. The first kappa shape index (κ1) is 12.1. The number of benzene rings is 1. The summed E-state index contributed by atoms with van der Waals surface area (Å²) in [5.41, 5.74) is 1.35. The summed E-state index contributed by atoms with van der Waals surface area (Å²) in [6.07, 6.45) is 1.00. The molecule has 17 heavy (non-hydrogen) atoms. The molecule has 0 aliphatic rings. The van der Waals surface area contributed by atoms with Crippen LogP contribution < -0.4 is 10.1 Å². The SMILES string of the molecule is CNC(Cc1ccccc1)c1cc(OC)cs1. The number of hydrogen-bond donors (Lipinski definition) is 1. The Morgan fingerprint density at radius 3 is 2.65 bits per heavy atom. The molecule has 0 saturated heterocycles. The van der Waals surface area contributed by atoms with Gasteiger partial charge in [0.15, 0.2) is 0 Å². The van der Waals surface area contributed by atoms with Gasteiger partial charge in [-0.1, -0.05) is 30.3 Å². The Bertz CT molecular complexity index is 452. The van der Waals surface area contributed by atoms with Crippen molar-refractivity contribution in [1.29, 1.82) is 0 Å². The summed E-state index contributed by atoms with van der Waals surface area (Å²) in [6, 6.07) is 13.0. The van der Waals surface area contributed by atoms with Gasteiger partial charge in [-0.15, -0.1) is 11.3 Å². The van der Waals surface area contributed by atoms with E-state index in [9.17, 15) is 0 Å². The van der Waals surface area contributed by atoms with Crippen molar-refractivity contribution in [1.82, 2.24) is 5.32 Å². The van der Waals surface area contributed by atoms with Gasteiger partial charge in [-0.25, -0.2) is 0 Å². The fraction of sp³-hybridized carbons (Fsp3) is 0.286. The van der Waals surface area contributed by atoms with Crippen molar-refractivity contribution >= 4 is 11.3 Å². The molecule has 90 valence electrons. The van der Waals surface area contributed by atoms with Crippen LogP contribution in [-0.2, 0) is 6.42 Å². The molecule has 2 nitrogen and oxygen atoms in total. The van der Waals surface area contributed by atoms with Gasteiger partial charge in [-0.05, 0) is 25.1 Å². The van der Waals surface area contributed by atoms with Gasteiger partial charge >= 0.3 is 0 Å². The fourth-order valence-corrected chi connectivity index (χ4v) is 2.78. The number of nitrogens with one attached hydrogen (secondary N) is 1. The molecule has 0 saturated carbocycles. The molecule has 1 aromatic heterocycles. The van der Waals surface area contributed by atoms with Crippen molar-refractivity contribution < 1.29 is 4.74 Å². The van der Waals surface area contributed by atoms with E-state index in [1.165, 1.54) is 10.4 Å². The summed E-state index contributed by atoms with van der Waals surface area (Å²) in [5, 5.41) is 5.41. The Morgan fingerprint density at radius 2 is 2.06 bits per heavy atom. The lowest BCUT2D eigenvalue weighted by Gasteiger charge is -2.14. The molecule has 0 amide bonds. The summed E-state index contributed by atoms with van der Waals surface area (Å²) < 4.78 is 5.22. The average molecular weight is 247 g/mol. The Labute approximate surface area is 106 Å². The third kappa shape index (κ3) is 3.08. The monoisotopic (exact) mass is 247 g/mol. The second kappa shape index (κ2) is 5.84. The molecule has 1 heterocycles. The summed E-state index contributed by atoms with van der Waals surface area (Å²) in [4.78, 5) is 1.31. The summed E-state index contributed by atoms with van der Waals surface area (Å²) in [6.45, 7) is 0. The lowest BCUT2D eigenvalue weighted by Crippen LogP contribution is -2.17. The van der Waals surface area contributed by atoms with Crippen molar-refractivity contribution in [2.45, 2.75) is 12.5 Å². The molecule has 1 atom stereocenters. The maximum atomic E-state index is 5.22. The molecule has 3 heteroatoms. The summed E-state index contributed by atoms with van der Waals surface area (Å²) >= 11 is 1.74. The normalized spacial score (nSPS) is 12.4. The number of methoxy groups -OCH3 is 1. The summed E-state index contributed by atoms with van der Waals surface area (Å²) in [7, 11) is 3.71. The van der Waals surface area contributed by atoms with Crippen molar-refractivity contribution in [2.24, 2.45) is 0 Å². The van der Waals surface area contributed by atoms with E-state index in [1.807, 2.05) is 18.5 Å². The lowest BCUT2D eigenvalue weighted by atomic mass is 10.1. The molecule has 1 aromatic carbocycles. The molecule has 0 aliphatic carbocycles. The third-order valence-corrected chi connectivity index (χ3v) is 3.83. The predicted octanol–water partition coefficient (Wildman–Crippen LogP) is 3.26. The van der Waals surface area contributed by atoms with Gasteiger partial charge in [0, 0.05) is 16.3 Å². The average Bonchev–Trinajstić information content (AvgIpc) is 2.86. The first-order valence-corrected chi connectivity index (χ1v) is 6.55. The Balaban J connectivity index is 2.11. The molecule has 0 aliphatic heterocycles. The number of ether oxygens (including phenoxy) is 1. The zero-order valence-corrected chi connectivity index (χ0v) is 11.0. The Hall–Kier alpha value is -1.32. The van der Waals surface area contributed by atoms with Gasteiger partial charge in [0.25, 0.3) is 0 Å². The van der Waals surface area contributed by atoms with Crippen LogP contribution in [0.5, 0.6) is 5.75 Å². The van der Waals surface area contributed by atoms with Crippen LogP contribution in [0.3, 0.4) is 0 Å². The highest BCUT2D eigenvalue weighted by atomic mass is 32.1. The molecule has 1 unspecified atom stereocenters. The van der Waals surface area contributed by atoms with E-state index < -0.39 is 0 Å². The lowest BCUT2D eigenvalue weighted by molar-refractivity contribution is 0.416. The number of rotatable bonds is 5. The molecule has 2 rings (SSSR count). The second-order valence-corrected chi connectivity index (χ2v) is 4.86. The first-order chi connectivity index (χ1) is 8.33. The fourth-order valence-electron chi connectivity index (χ4n) is 1.82. The second-order valence-electron chi connectivity index (χ2n) is 3.92. The molecule has 0 fully saturated rings. The van der Waals surface area contributed by atoms with Crippen molar-refractivity contribution in [3.8, 4) is 5.75 Å². The van der Waals surface area contributed by atoms with Crippen molar-refractivity contribution in [3.63, 3.8) is 0 Å². The van der Waals surface area contributed by atoms with Crippen LogP contribution >= 0.6 is 11.3 Å². The van der Waals surface area contributed by atoms with Crippen LogP contribution in [0.25, 0.3) is 0 Å². The maximum absolute atomic E-state index is 5.22. The van der Waals surface area contributed by atoms with Crippen molar-refractivity contribution in [2.75, 3.05) is 14.2 Å². The van der Waals surface area contributed by atoms with Gasteiger partial charge in [-0.3, -0.25) is 0 Å². The molecule has 1 N–H and O–H groups in total. The minimum atomic E-state index is 0.353. The summed E-state index contributed by atoms with van der Waals surface area (Å²) in [5.74, 6) is 0.943. The largest absolute Gasteiger partial charge is 0.496 e. The zero-order valence-electron chi connectivity index (χ0n) is 10.1. The van der Waals surface area contributed by atoms with Crippen LogP contribution in [0, 0.1) is 0 Å². The smallest absolute Gasteiger partial charge is 0.129 e. The van der Waals surface area contributed by atoms with E-state index in [0.717, 1.165) is 12.2 Å². The molecule has 2 aromatic rings. The Morgan fingerprint density at radius 1 is 1.29 bits per heavy atom. The quantitative estimate of drug-likeness (QED) is 0.875. The third-order valence-electron chi connectivity index (χ3n) is 2.81. The van der Waals surface area contributed by atoms with E-state index in [4.69, 9.17) is 4.74 Å². The Kier molecular flexibility index (Phi) is 4.18. The predicted molar refractivity (Wildman–Crippen MR) is 72.8 cm³/mol. The zero-order chi connectivity index (χ0) is 12.1. The van der Waals surface area contributed by atoms with Crippen LogP contribution in [0.4, 0.5) is 0 Å². The maximum Gasteiger partial charge on any atom is 0.129 e. The van der Waals surface area contributed by atoms with Crippen LogP contribution in [0.15, 0.2) is 41.8 Å². The van der Waals surface area contributed by atoms with E-state index >= 15 is 0 Å². The first-order valence-electron chi connectivity index (χ1n) is 5.67. The molecular formula is C14H17NOS.